The van der Waals surface area contributed by atoms with E-state index in [1.807, 2.05) is 82.3 Å². The number of aliphatic hydroxyl groups excluding tert-OH is 1. The number of carbonyl (C=O) groups excluding carboxylic acids is 1. The number of fused-ring (bicyclic) bond motifs is 6. The van der Waals surface area contributed by atoms with E-state index in [-0.39, 0.29) is 5.56 Å². The van der Waals surface area contributed by atoms with Crippen LogP contribution in [0, 0.1) is 0 Å². The highest BCUT2D eigenvalue weighted by molar-refractivity contribution is 6.08. The van der Waals surface area contributed by atoms with E-state index in [1.165, 1.54) is 0 Å². The predicted molar refractivity (Wildman–Crippen MR) is 114 cm³/mol. The highest BCUT2D eigenvalue weighted by Gasteiger charge is 2.44. The summed E-state index contributed by atoms with van der Waals surface area (Å²) in [5, 5.41) is 10.9. The molecule has 0 spiro atoms. The van der Waals surface area contributed by atoms with E-state index in [9.17, 15) is 9.90 Å². The maximum atomic E-state index is 13.4. The topological polar surface area (TPSA) is 65.0 Å². The molecular weight excluding hydrogens is 380 g/mol. The second-order valence-electron chi connectivity index (χ2n) is 9.03. The largest absolute Gasteiger partial charge is 0.482 e. The molecule has 0 radical (unpaired) electrons. The van der Waals surface area contributed by atoms with Crippen LogP contribution in [0.4, 0.5) is 0 Å². The summed E-state index contributed by atoms with van der Waals surface area (Å²) in [6, 6.07) is 9.28. The minimum atomic E-state index is -1.33. The first kappa shape index (κ1) is 18.9. The zero-order chi connectivity index (χ0) is 21.3. The van der Waals surface area contributed by atoms with Gasteiger partial charge in [-0.25, -0.2) is 0 Å². The number of hydrogen-bond acceptors (Lipinski definition) is 5. The van der Waals surface area contributed by atoms with Gasteiger partial charge in [-0.05, 0) is 57.6 Å². The van der Waals surface area contributed by atoms with Gasteiger partial charge in [0.2, 0.25) is 5.78 Å². The van der Waals surface area contributed by atoms with Gasteiger partial charge in [-0.1, -0.05) is 30.3 Å². The van der Waals surface area contributed by atoms with Crippen molar-refractivity contribution in [1.82, 2.24) is 0 Å². The molecule has 2 aromatic carbocycles. The lowest BCUT2D eigenvalue weighted by Gasteiger charge is -2.39. The number of rotatable bonds is 1. The van der Waals surface area contributed by atoms with Crippen molar-refractivity contribution < 1.29 is 24.1 Å². The standard InChI is InChI=1S/C25H24O5/c1-24(2)12-10-15-21(29-24)16-11-13-25(3,4)30-23(16)17-18(26)19(27)20(28-22(15)17)14-8-6-5-7-9-14/h5-13,19-20,27H,1-4H3/t19-,20-/m1/s1. The average Bonchev–Trinajstić information content (AvgIpc) is 2.69. The Bertz CT molecular complexity index is 1110. The Hall–Kier alpha value is -3.05. The van der Waals surface area contributed by atoms with Gasteiger partial charge in [-0.15, -0.1) is 0 Å². The van der Waals surface area contributed by atoms with Crippen molar-refractivity contribution in [2.75, 3.05) is 0 Å². The van der Waals surface area contributed by atoms with E-state index in [0.29, 0.717) is 28.4 Å². The summed E-state index contributed by atoms with van der Waals surface area (Å²) in [5.41, 5.74) is 1.29. The quantitative estimate of drug-likeness (QED) is 0.744. The fraction of sp³-hybridized carbons (Fsp3) is 0.320. The van der Waals surface area contributed by atoms with Gasteiger partial charge in [-0.3, -0.25) is 4.79 Å². The molecule has 0 saturated carbocycles. The molecule has 3 aliphatic heterocycles. The van der Waals surface area contributed by atoms with Crippen LogP contribution < -0.4 is 14.2 Å². The van der Waals surface area contributed by atoms with E-state index in [0.717, 1.165) is 5.56 Å². The lowest BCUT2D eigenvalue weighted by Crippen LogP contribution is -2.39. The fourth-order valence-corrected chi connectivity index (χ4v) is 4.12. The second-order valence-corrected chi connectivity index (χ2v) is 9.03. The summed E-state index contributed by atoms with van der Waals surface area (Å²) >= 11 is 0. The van der Waals surface area contributed by atoms with E-state index in [2.05, 4.69) is 0 Å². The van der Waals surface area contributed by atoms with Crippen molar-refractivity contribution in [1.29, 1.82) is 0 Å². The molecule has 2 atom stereocenters. The molecule has 0 fully saturated rings. The molecule has 0 bridgehead atoms. The zero-order valence-corrected chi connectivity index (χ0v) is 17.4. The Morgan fingerprint density at radius 1 is 0.833 bits per heavy atom. The first-order valence-corrected chi connectivity index (χ1v) is 10.1. The van der Waals surface area contributed by atoms with Crippen LogP contribution in [0.2, 0.25) is 0 Å². The van der Waals surface area contributed by atoms with Crippen LogP contribution >= 0.6 is 0 Å². The highest BCUT2D eigenvalue weighted by Crippen LogP contribution is 2.53. The number of benzene rings is 2. The van der Waals surface area contributed by atoms with Crippen molar-refractivity contribution in [2.24, 2.45) is 0 Å². The van der Waals surface area contributed by atoms with Gasteiger partial charge in [0.1, 0.15) is 34.0 Å². The Balaban J connectivity index is 1.76. The maximum absolute atomic E-state index is 13.4. The third-order valence-electron chi connectivity index (χ3n) is 5.64. The first-order chi connectivity index (χ1) is 14.2. The molecule has 1 N–H and O–H groups in total. The average molecular weight is 404 g/mol. The van der Waals surface area contributed by atoms with Crippen LogP contribution in [0.3, 0.4) is 0 Å². The molecule has 0 aromatic heterocycles. The zero-order valence-electron chi connectivity index (χ0n) is 17.4. The van der Waals surface area contributed by atoms with Gasteiger partial charge in [0.05, 0.1) is 11.1 Å². The van der Waals surface area contributed by atoms with E-state index in [1.54, 1.807) is 0 Å². The highest BCUT2D eigenvalue weighted by atomic mass is 16.5. The summed E-state index contributed by atoms with van der Waals surface area (Å²) in [6.45, 7) is 7.77. The second kappa shape index (κ2) is 6.22. The van der Waals surface area contributed by atoms with Crippen LogP contribution in [-0.2, 0) is 0 Å². The molecule has 5 nitrogen and oxygen atoms in total. The molecule has 0 aliphatic carbocycles. The summed E-state index contributed by atoms with van der Waals surface area (Å²) in [6.07, 6.45) is 5.60. The number of aliphatic hydroxyl groups is 1. The van der Waals surface area contributed by atoms with Crippen LogP contribution in [0.25, 0.3) is 12.2 Å². The molecule has 0 unspecified atom stereocenters. The number of carbonyl (C=O) groups is 1. The van der Waals surface area contributed by atoms with Crippen LogP contribution in [0.1, 0.15) is 60.8 Å². The molecule has 2 aromatic rings. The van der Waals surface area contributed by atoms with Crippen LogP contribution in [0.15, 0.2) is 42.5 Å². The monoisotopic (exact) mass is 404 g/mol. The smallest absolute Gasteiger partial charge is 0.203 e. The molecule has 0 amide bonds. The van der Waals surface area contributed by atoms with Gasteiger partial charge in [0, 0.05) is 0 Å². The van der Waals surface area contributed by atoms with Gasteiger partial charge in [0.15, 0.2) is 12.2 Å². The molecule has 5 rings (SSSR count). The van der Waals surface area contributed by atoms with Crippen molar-refractivity contribution >= 4 is 17.9 Å². The van der Waals surface area contributed by atoms with Gasteiger partial charge >= 0.3 is 0 Å². The lowest BCUT2D eigenvalue weighted by molar-refractivity contribution is 0.0198. The fourth-order valence-electron chi connectivity index (χ4n) is 4.12. The predicted octanol–water partition coefficient (Wildman–Crippen LogP) is 4.73. The third kappa shape index (κ3) is 2.84. The number of hydrogen-bond donors (Lipinski definition) is 1. The number of ether oxygens (including phenoxy) is 3. The van der Waals surface area contributed by atoms with Crippen molar-refractivity contribution in [2.45, 2.75) is 51.1 Å². The number of ketones is 1. The third-order valence-corrected chi connectivity index (χ3v) is 5.64. The number of Topliss-reactive ketones (excluding diaryl/α,β-unsaturated/α-hetero) is 1. The van der Waals surface area contributed by atoms with Crippen molar-refractivity contribution in [3.63, 3.8) is 0 Å². The molecule has 5 heteroatoms. The summed E-state index contributed by atoms with van der Waals surface area (Å²) in [5.74, 6) is 1.01. The Kier molecular flexibility index (Phi) is 3.93. The maximum Gasteiger partial charge on any atom is 0.203 e. The Labute approximate surface area is 175 Å². The summed E-state index contributed by atoms with van der Waals surface area (Å²) < 4.78 is 18.8. The van der Waals surface area contributed by atoms with Crippen LogP contribution in [-0.4, -0.2) is 28.2 Å². The minimum Gasteiger partial charge on any atom is -0.482 e. The van der Waals surface area contributed by atoms with Gasteiger partial charge in [-0.2, -0.15) is 0 Å². The van der Waals surface area contributed by atoms with Gasteiger partial charge in [0.25, 0.3) is 0 Å². The van der Waals surface area contributed by atoms with Crippen molar-refractivity contribution in [3.8, 4) is 17.2 Å². The molecular formula is C25H24O5. The first-order valence-electron chi connectivity index (χ1n) is 10.1. The summed E-state index contributed by atoms with van der Waals surface area (Å²) in [7, 11) is 0. The molecule has 3 heterocycles. The lowest BCUT2D eigenvalue weighted by atomic mass is 9.86. The minimum absolute atomic E-state index is 0.272. The van der Waals surface area contributed by atoms with E-state index < -0.39 is 29.2 Å². The molecule has 154 valence electrons. The van der Waals surface area contributed by atoms with Crippen molar-refractivity contribution in [3.05, 3.63) is 64.7 Å². The van der Waals surface area contributed by atoms with E-state index in [4.69, 9.17) is 14.2 Å². The van der Waals surface area contributed by atoms with Crippen LogP contribution in [0.5, 0.6) is 17.2 Å². The SMILES string of the molecule is CC1(C)C=Cc2c(c3c(c4c2O[C@H](c2ccccc2)[C@H](O)C4=O)OC(C)(C)C=C3)O1. The molecule has 0 saturated heterocycles. The molecule has 30 heavy (non-hydrogen) atoms. The Morgan fingerprint density at radius 3 is 2.03 bits per heavy atom. The van der Waals surface area contributed by atoms with E-state index >= 15 is 0 Å². The normalized spacial score (nSPS) is 24.6. The molecule has 3 aliphatic rings. The van der Waals surface area contributed by atoms with Gasteiger partial charge < -0.3 is 19.3 Å². The Morgan fingerprint density at radius 2 is 1.40 bits per heavy atom. The summed E-state index contributed by atoms with van der Waals surface area (Å²) in [4.78, 5) is 13.4.